The van der Waals surface area contributed by atoms with Gasteiger partial charge >= 0.3 is 5.97 Å². The molecule has 23 heavy (non-hydrogen) atoms. The number of nitrogens with zero attached hydrogens (tertiary/aromatic N) is 5. The molecule has 3 heterocycles. The first-order valence-corrected chi connectivity index (χ1v) is 7.90. The molecule has 0 saturated carbocycles. The molecular formula is C15H15N5O2S. The van der Waals surface area contributed by atoms with Gasteiger partial charge in [-0.15, -0.1) is 5.10 Å². The average molecular weight is 329 g/mol. The average Bonchev–Trinajstić information content (AvgIpc) is 2.91. The Balaban J connectivity index is 1.82. The third-order valence-electron chi connectivity index (χ3n) is 3.04. The third kappa shape index (κ3) is 3.31. The zero-order valence-corrected chi connectivity index (χ0v) is 13.8. The number of hydrogen-bond donors (Lipinski definition) is 0. The van der Waals surface area contributed by atoms with Gasteiger partial charge in [0.15, 0.2) is 0 Å². The van der Waals surface area contributed by atoms with E-state index >= 15 is 0 Å². The summed E-state index contributed by atoms with van der Waals surface area (Å²) in [5.74, 6) is 0.186. The maximum atomic E-state index is 11.6. The summed E-state index contributed by atoms with van der Waals surface area (Å²) in [6.07, 6.45) is 1.49. The Hall–Kier alpha value is -2.48. The van der Waals surface area contributed by atoms with Crippen molar-refractivity contribution >= 4 is 23.5 Å². The Bertz CT molecular complexity index is 860. The van der Waals surface area contributed by atoms with Crippen LogP contribution in [0.25, 0.3) is 5.78 Å². The first-order valence-electron chi connectivity index (χ1n) is 7.09. The molecule has 7 nitrogen and oxygen atoms in total. The van der Waals surface area contributed by atoms with E-state index in [0.29, 0.717) is 28.1 Å². The fourth-order valence-corrected chi connectivity index (χ4v) is 2.74. The summed E-state index contributed by atoms with van der Waals surface area (Å²) in [5, 5.41) is 5.67. The van der Waals surface area contributed by atoms with E-state index in [4.69, 9.17) is 4.74 Å². The standard InChI is InChI=1S/C15H15N5O2S/c1-4-22-13(21)11-5-6-12(16-8-11)23-15-18-14-17-9(2)7-10(3)20(14)19-15/h5-8H,4H2,1-3H3. The van der Waals surface area contributed by atoms with E-state index in [1.54, 1.807) is 23.6 Å². The van der Waals surface area contributed by atoms with Crippen LogP contribution in [0.2, 0.25) is 0 Å². The van der Waals surface area contributed by atoms with E-state index in [0.717, 1.165) is 11.4 Å². The molecule has 0 aromatic carbocycles. The van der Waals surface area contributed by atoms with Crippen molar-refractivity contribution < 1.29 is 9.53 Å². The number of pyridine rings is 1. The summed E-state index contributed by atoms with van der Waals surface area (Å²) < 4.78 is 6.63. The maximum Gasteiger partial charge on any atom is 0.339 e. The van der Waals surface area contributed by atoms with Crippen LogP contribution in [-0.2, 0) is 4.74 Å². The molecule has 0 aliphatic rings. The van der Waals surface area contributed by atoms with Crippen LogP contribution in [0.4, 0.5) is 0 Å². The second kappa shape index (κ2) is 6.33. The topological polar surface area (TPSA) is 82.3 Å². The number of esters is 1. The predicted octanol–water partition coefficient (Wildman–Crippen LogP) is 2.46. The quantitative estimate of drug-likeness (QED) is 0.680. The molecule has 3 rings (SSSR count). The van der Waals surface area contributed by atoms with E-state index in [9.17, 15) is 4.79 Å². The lowest BCUT2D eigenvalue weighted by molar-refractivity contribution is 0.0525. The van der Waals surface area contributed by atoms with Crippen LogP contribution in [0.15, 0.2) is 34.6 Å². The van der Waals surface area contributed by atoms with Crippen molar-refractivity contribution in [3.63, 3.8) is 0 Å². The molecule has 3 aromatic rings. The molecule has 0 N–H and O–H groups in total. The van der Waals surface area contributed by atoms with E-state index in [1.807, 2.05) is 19.9 Å². The second-order valence-electron chi connectivity index (χ2n) is 4.85. The van der Waals surface area contributed by atoms with Crippen LogP contribution in [0, 0.1) is 13.8 Å². The van der Waals surface area contributed by atoms with Gasteiger partial charge in [0, 0.05) is 17.6 Å². The van der Waals surface area contributed by atoms with Gasteiger partial charge in [0.25, 0.3) is 5.78 Å². The highest BCUT2D eigenvalue weighted by molar-refractivity contribution is 7.99. The Morgan fingerprint density at radius 2 is 2.13 bits per heavy atom. The Labute approximate surface area is 137 Å². The van der Waals surface area contributed by atoms with Crippen LogP contribution in [0.1, 0.15) is 28.7 Å². The van der Waals surface area contributed by atoms with Crippen LogP contribution in [-0.4, -0.2) is 37.1 Å². The minimum Gasteiger partial charge on any atom is -0.462 e. The first kappa shape index (κ1) is 15.4. The number of aromatic nitrogens is 5. The van der Waals surface area contributed by atoms with Crippen molar-refractivity contribution in [2.45, 2.75) is 31.0 Å². The molecule has 3 aromatic heterocycles. The number of carbonyl (C=O) groups excluding carboxylic acids is 1. The van der Waals surface area contributed by atoms with E-state index < -0.39 is 0 Å². The van der Waals surface area contributed by atoms with Gasteiger partial charge in [0.05, 0.1) is 12.2 Å². The number of carbonyl (C=O) groups is 1. The zero-order valence-electron chi connectivity index (χ0n) is 13.0. The summed E-state index contributed by atoms with van der Waals surface area (Å²) in [7, 11) is 0. The maximum absolute atomic E-state index is 11.6. The monoisotopic (exact) mass is 329 g/mol. The van der Waals surface area contributed by atoms with Gasteiger partial charge in [0.1, 0.15) is 5.03 Å². The lowest BCUT2D eigenvalue weighted by Crippen LogP contribution is -2.04. The zero-order chi connectivity index (χ0) is 16.4. The molecule has 0 atom stereocenters. The van der Waals surface area contributed by atoms with E-state index in [2.05, 4.69) is 20.1 Å². The van der Waals surface area contributed by atoms with Crippen LogP contribution in [0.5, 0.6) is 0 Å². The van der Waals surface area contributed by atoms with Crippen molar-refractivity contribution in [1.29, 1.82) is 0 Å². The normalized spacial score (nSPS) is 10.9. The van der Waals surface area contributed by atoms with Gasteiger partial charge in [-0.25, -0.2) is 19.3 Å². The van der Waals surface area contributed by atoms with Crippen LogP contribution < -0.4 is 0 Å². The van der Waals surface area contributed by atoms with Crippen molar-refractivity contribution in [2.24, 2.45) is 0 Å². The molecule has 0 bridgehead atoms. The number of ether oxygens (including phenoxy) is 1. The fraction of sp³-hybridized carbons (Fsp3) is 0.267. The molecule has 0 aliphatic heterocycles. The Kier molecular flexibility index (Phi) is 4.24. The molecule has 0 saturated heterocycles. The second-order valence-corrected chi connectivity index (χ2v) is 5.84. The van der Waals surface area contributed by atoms with Gasteiger partial charge in [-0.3, -0.25) is 0 Å². The summed E-state index contributed by atoms with van der Waals surface area (Å²) in [5.41, 5.74) is 2.29. The van der Waals surface area contributed by atoms with Crippen molar-refractivity contribution in [3.05, 3.63) is 41.3 Å². The highest BCUT2D eigenvalue weighted by Crippen LogP contribution is 2.23. The van der Waals surface area contributed by atoms with Gasteiger partial charge in [0.2, 0.25) is 5.16 Å². The molecule has 0 spiro atoms. The van der Waals surface area contributed by atoms with Gasteiger partial charge in [-0.2, -0.15) is 4.98 Å². The highest BCUT2D eigenvalue weighted by Gasteiger charge is 2.11. The fourth-order valence-electron chi connectivity index (χ4n) is 2.06. The van der Waals surface area contributed by atoms with Crippen LogP contribution in [0.3, 0.4) is 0 Å². The van der Waals surface area contributed by atoms with E-state index in [1.165, 1.54) is 18.0 Å². The molecular weight excluding hydrogens is 314 g/mol. The summed E-state index contributed by atoms with van der Waals surface area (Å²) >= 11 is 1.32. The largest absolute Gasteiger partial charge is 0.462 e. The predicted molar refractivity (Wildman–Crippen MR) is 84.6 cm³/mol. The SMILES string of the molecule is CCOC(=O)c1ccc(Sc2nc3nc(C)cc(C)n3n2)nc1. The summed E-state index contributed by atoms with van der Waals surface area (Å²) in [4.78, 5) is 24.6. The Morgan fingerprint density at radius 3 is 2.83 bits per heavy atom. The highest BCUT2D eigenvalue weighted by atomic mass is 32.2. The Morgan fingerprint density at radius 1 is 1.30 bits per heavy atom. The molecule has 0 amide bonds. The molecule has 118 valence electrons. The summed E-state index contributed by atoms with van der Waals surface area (Å²) in [6, 6.07) is 5.37. The smallest absolute Gasteiger partial charge is 0.339 e. The lowest BCUT2D eigenvalue weighted by Gasteiger charge is -2.01. The number of hydrogen-bond acceptors (Lipinski definition) is 7. The molecule has 8 heteroatoms. The van der Waals surface area contributed by atoms with Crippen LogP contribution >= 0.6 is 11.8 Å². The minimum absolute atomic E-state index is 0.340. The van der Waals surface area contributed by atoms with Crippen molar-refractivity contribution in [3.8, 4) is 0 Å². The number of rotatable bonds is 4. The molecule has 0 radical (unpaired) electrons. The summed E-state index contributed by atoms with van der Waals surface area (Å²) in [6.45, 7) is 5.98. The van der Waals surface area contributed by atoms with Crippen molar-refractivity contribution in [2.75, 3.05) is 6.61 Å². The third-order valence-corrected chi connectivity index (χ3v) is 3.85. The van der Waals surface area contributed by atoms with E-state index in [-0.39, 0.29) is 5.97 Å². The lowest BCUT2D eigenvalue weighted by atomic mass is 10.3. The first-order chi connectivity index (χ1) is 11.1. The molecule has 0 aliphatic carbocycles. The molecule has 0 unspecified atom stereocenters. The number of aryl methyl sites for hydroxylation is 2. The van der Waals surface area contributed by atoms with Gasteiger partial charge < -0.3 is 4.74 Å². The van der Waals surface area contributed by atoms with Crippen molar-refractivity contribution in [1.82, 2.24) is 24.6 Å². The van der Waals surface area contributed by atoms with Gasteiger partial charge in [-0.05, 0) is 50.7 Å². The van der Waals surface area contributed by atoms with Gasteiger partial charge in [-0.1, -0.05) is 0 Å². The molecule has 0 fully saturated rings. The number of fused-ring (bicyclic) bond motifs is 1. The minimum atomic E-state index is -0.377.